The minimum absolute atomic E-state index is 0.0305. The van der Waals surface area contributed by atoms with Gasteiger partial charge < -0.3 is 10.2 Å². The predicted molar refractivity (Wildman–Crippen MR) is 120 cm³/mol. The van der Waals surface area contributed by atoms with E-state index in [9.17, 15) is 14.4 Å². The fraction of sp³-hybridized carbons (Fsp3) is 0.818. The maximum absolute atomic E-state index is 13.1. The molecular formula is C22H36N4O3S. The van der Waals surface area contributed by atoms with E-state index in [4.69, 9.17) is 0 Å². The molecule has 0 bridgehead atoms. The van der Waals surface area contributed by atoms with Crippen LogP contribution in [0.5, 0.6) is 0 Å². The van der Waals surface area contributed by atoms with E-state index < -0.39 is 17.7 Å². The Bertz CT molecular complexity index is 655. The fourth-order valence-corrected chi connectivity index (χ4v) is 5.87. The van der Waals surface area contributed by atoms with Crippen LogP contribution in [0.4, 0.5) is 0 Å². The van der Waals surface area contributed by atoms with Crippen LogP contribution in [0.3, 0.4) is 0 Å². The van der Waals surface area contributed by atoms with Crippen molar-refractivity contribution >= 4 is 34.5 Å². The zero-order valence-electron chi connectivity index (χ0n) is 18.3. The zero-order valence-corrected chi connectivity index (χ0v) is 19.1. The average Bonchev–Trinajstić information content (AvgIpc) is 2.93. The number of hydrogen-bond acceptors (Lipinski definition) is 5. The van der Waals surface area contributed by atoms with Gasteiger partial charge in [-0.05, 0) is 31.6 Å². The number of carbonyl (C=O) groups is 3. The van der Waals surface area contributed by atoms with Crippen LogP contribution in [0.2, 0.25) is 0 Å². The molecule has 2 atom stereocenters. The van der Waals surface area contributed by atoms with Crippen LogP contribution in [0, 0.1) is 11.8 Å². The maximum atomic E-state index is 13.1. The Labute approximate surface area is 184 Å². The Hall–Kier alpha value is -1.57. The van der Waals surface area contributed by atoms with Crippen molar-refractivity contribution in [3.63, 3.8) is 0 Å². The van der Waals surface area contributed by atoms with Gasteiger partial charge >= 0.3 is 5.91 Å². The molecule has 1 saturated heterocycles. The highest BCUT2D eigenvalue weighted by Crippen LogP contribution is 2.29. The monoisotopic (exact) mass is 436 g/mol. The molecule has 1 unspecified atom stereocenters. The lowest BCUT2D eigenvalue weighted by atomic mass is 9.81. The Morgan fingerprint density at radius 2 is 1.60 bits per heavy atom. The normalized spacial score (nSPS) is 26.3. The van der Waals surface area contributed by atoms with Gasteiger partial charge in [-0.25, -0.2) is 5.43 Å². The molecule has 0 aromatic carbocycles. The zero-order chi connectivity index (χ0) is 21.5. The molecule has 2 aliphatic carbocycles. The van der Waals surface area contributed by atoms with Crippen molar-refractivity contribution < 1.29 is 14.4 Å². The number of nitrogens with zero attached hydrogens (tertiary/aromatic N) is 2. The van der Waals surface area contributed by atoms with Gasteiger partial charge in [-0.1, -0.05) is 63.6 Å². The van der Waals surface area contributed by atoms with Crippen molar-refractivity contribution in [2.75, 3.05) is 13.6 Å². The number of thioether (sulfide) groups is 1. The van der Waals surface area contributed by atoms with Crippen LogP contribution in [0.25, 0.3) is 0 Å². The number of ketones is 1. The third-order valence-corrected chi connectivity index (χ3v) is 7.73. The molecule has 3 rings (SSSR count). The minimum atomic E-state index is -0.742. The van der Waals surface area contributed by atoms with E-state index in [1.807, 2.05) is 11.9 Å². The van der Waals surface area contributed by atoms with Gasteiger partial charge in [0.05, 0.1) is 0 Å². The summed E-state index contributed by atoms with van der Waals surface area (Å²) in [6.45, 7) is 2.95. The first-order valence-electron chi connectivity index (χ1n) is 11.6. The molecule has 7 nitrogen and oxygen atoms in total. The topological polar surface area (TPSA) is 90.9 Å². The Kier molecular flexibility index (Phi) is 8.60. The second-order valence-electron chi connectivity index (χ2n) is 9.08. The smallest absolute Gasteiger partial charge is 0.309 e. The molecule has 1 aliphatic heterocycles. The minimum Gasteiger partial charge on any atom is -0.352 e. The summed E-state index contributed by atoms with van der Waals surface area (Å²) in [4.78, 5) is 40.6. The second kappa shape index (κ2) is 11.2. The van der Waals surface area contributed by atoms with E-state index in [1.165, 1.54) is 12.8 Å². The Balaban J connectivity index is 1.66. The number of hydrogen-bond donors (Lipinski definition) is 2. The third-order valence-electron chi connectivity index (χ3n) is 6.57. The first kappa shape index (κ1) is 23.1. The summed E-state index contributed by atoms with van der Waals surface area (Å²) in [6, 6.07) is -0.742. The van der Waals surface area contributed by atoms with Gasteiger partial charge in [0.1, 0.15) is 6.04 Å². The van der Waals surface area contributed by atoms with Crippen molar-refractivity contribution in [2.24, 2.45) is 16.9 Å². The number of nitrogens with one attached hydrogen (secondary N) is 2. The van der Waals surface area contributed by atoms with Crippen molar-refractivity contribution in [3.8, 4) is 0 Å². The summed E-state index contributed by atoms with van der Waals surface area (Å²) < 4.78 is 0. The highest BCUT2D eigenvalue weighted by atomic mass is 32.2. The van der Waals surface area contributed by atoms with Gasteiger partial charge in [0.15, 0.2) is 5.17 Å². The van der Waals surface area contributed by atoms with Gasteiger partial charge in [0, 0.05) is 24.8 Å². The number of carbonyl (C=O) groups excluding carboxylic acids is 3. The van der Waals surface area contributed by atoms with Crippen molar-refractivity contribution in [3.05, 3.63) is 0 Å². The van der Waals surface area contributed by atoms with Crippen LogP contribution in [-0.2, 0) is 14.4 Å². The first-order chi connectivity index (χ1) is 14.5. The quantitative estimate of drug-likeness (QED) is 0.379. The predicted octanol–water partition coefficient (Wildman–Crippen LogP) is 3.05. The number of rotatable bonds is 6. The van der Waals surface area contributed by atoms with E-state index in [1.54, 1.807) is 11.8 Å². The van der Waals surface area contributed by atoms with Crippen LogP contribution in [0.15, 0.2) is 5.10 Å². The highest BCUT2D eigenvalue weighted by molar-refractivity contribution is 8.14. The average molecular weight is 437 g/mol. The molecule has 0 spiro atoms. The second-order valence-corrected chi connectivity index (χ2v) is 10.5. The number of amides is 2. The summed E-state index contributed by atoms with van der Waals surface area (Å²) in [5, 5.41) is 8.26. The summed E-state index contributed by atoms with van der Waals surface area (Å²) in [5.41, 5.74) is 2.44. The molecule has 3 fully saturated rings. The number of Topliss-reactive ketones (excluding diaryl/α,β-unsaturated/α-hetero) is 1. The van der Waals surface area contributed by atoms with Crippen LogP contribution in [-0.4, -0.2) is 52.5 Å². The fourth-order valence-electron chi connectivity index (χ4n) is 4.86. The molecule has 8 heteroatoms. The highest BCUT2D eigenvalue weighted by Gasteiger charge is 2.36. The third kappa shape index (κ3) is 6.22. The summed E-state index contributed by atoms with van der Waals surface area (Å²) >= 11 is 1.58. The Morgan fingerprint density at radius 1 is 1.00 bits per heavy atom. The first-order valence-corrected chi connectivity index (χ1v) is 12.4. The standard InChI is InChI=1S/C22H36N4O3S/c1-15-14-26(2)22(30-15)25-24-21(29)19(27)18(16-10-8-5-9-11-16)23-20(28)17-12-6-3-4-7-13-17/h15-18H,3-14H2,1-2H3,(H,23,28)(H,24,29)/t15-,18?/m1/s1. The molecular weight excluding hydrogens is 400 g/mol. The van der Waals surface area contributed by atoms with Gasteiger partial charge in [0.25, 0.3) is 0 Å². The summed E-state index contributed by atoms with van der Waals surface area (Å²) in [7, 11) is 1.92. The van der Waals surface area contributed by atoms with E-state index in [-0.39, 0.29) is 17.7 Å². The number of amidine groups is 1. The van der Waals surface area contributed by atoms with Gasteiger partial charge in [-0.2, -0.15) is 0 Å². The lowest BCUT2D eigenvalue weighted by molar-refractivity contribution is -0.141. The lowest BCUT2D eigenvalue weighted by Crippen LogP contribution is -2.52. The van der Waals surface area contributed by atoms with Crippen LogP contribution >= 0.6 is 11.8 Å². The van der Waals surface area contributed by atoms with Gasteiger partial charge in [-0.3, -0.25) is 14.4 Å². The summed E-state index contributed by atoms with van der Waals surface area (Å²) in [6.07, 6.45) is 11.2. The summed E-state index contributed by atoms with van der Waals surface area (Å²) in [5.74, 6) is -1.36. The van der Waals surface area contributed by atoms with Gasteiger partial charge in [-0.15, -0.1) is 5.10 Å². The molecule has 2 N–H and O–H groups in total. The molecule has 1 heterocycles. The number of hydrazone groups is 1. The molecule has 0 aromatic heterocycles. The van der Waals surface area contributed by atoms with E-state index in [2.05, 4.69) is 22.8 Å². The van der Waals surface area contributed by atoms with Crippen LogP contribution in [0.1, 0.15) is 77.6 Å². The molecule has 0 aromatic rings. The SMILES string of the molecule is C[C@@H]1CN(C)C(=NNC(=O)C(=O)C(NC(=O)C2CCCCCC2)C2CCCCC2)S1. The molecule has 168 valence electrons. The Morgan fingerprint density at radius 3 is 2.20 bits per heavy atom. The van der Waals surface area contributed by atoms with E-state index in [0.717, 1.165) is 64.3 Å². The largest absolute Gasteiger partial charge is 0.352 e. The molecule has 2 saturated carbocycles. The van der Waals surface area contributed by atoms with Crippen LogP contribution < -0.4 is 10.7 Å². The molecule has 30 heavy (non-hydrogen) atoms. The van der Waals surface area contributed by atoms with Crippen molar-refractivity contribution in [2.45, 2.75) is 88.8 Å². The maximum Gasteiger partial charge on any atom is 0.309 e. The van der Waals surface area contributed by atoms with Crippen molar-refractivity contribution in [1.82, 2.24) is 15.6 Å². The van der Waals surface area contributed by atoms with Gasteiger partial charge in [0.2, 0.25) is 11.7 Å². The van der Waals surface area contributed by atoms with E-state index >= 15 is 0 Å². The van der Waals surface area contributed by atoms with Crippen molar-refractivity contribution in [1.29, 1.82) is 0 Å². The molecule has 0 radical (unpaired) electrons. The lowest BCUT2D eigenvalue weighted by Gasteiger charge is -2.30. The molecule has 2 amide bonds. The van der Waals surface area contributed by atoms with E-state index in [0.29, 0.717) is 10.4 Å². The molecule has 3 aliphatic rings.